The Bertz CT molecular complexity index is 1370. The van der Waals surface area contributed by atoms with Crippen molar-refractivity contribution in [3.05, 3.63) is 89.5 Å². The third-order valence-corrected chi connectivity index (χ3v) is 7.31. The number of ether oxygens (including phenoxy) is 1. The molecule has 1 spiro atoms. The maximum atomic E-state index is 14.0. The number of hydrogen-bond donors (Lipinski definition) is 1. The molecular weight excluding hydrogens is 436 g/mol. The van der Waals surface area contributed by atoms with Gasteiger partial charge in [0.2, 0.25) is 0 Å². The quantitative estimate of drug-likeness (QED) is 0.584. The molecule has 1 saturated carbocycles. The zero-order chi connectivity index (χ0) is 24.0. The second-order valence-electron chi connectivity index (χ2n) is 9.64. The predicted octanol–water partition coefficient (Wildman–Crippen LogP) is 4.90. The largest absolute Gasteiger partial charge is 0.485 e. The van der Waals surface area contributed by atoms with Crippen molar-refractivity contribution >= 4 is 11.9 Å². The lowest BCUT2D eigenvalue weighted by Gasteiger charge is -2.37. The van der Waals surface area contributed by atoms with Crippen LogP contribution in [0, 0.1) is 17.2 Å². The summed E-state index contributed by atoms with van der Waals surface area (Å²) in [6.07, 6.45) is 3.46. The van der Waals surface area contributed by atoms with Crippen molar-refractivity contribution in [3.8, 4) is 22.9 Å². The monoisotopic (exact) mass is 462 g/mol. The van der Waals surface area contributed by atoms with Crippen LogP contribution in [0.4, 0.5) is 0 Å². The van der Waals surface area contributed by atoms with Crippen molar-refractivity contribution in [2.75, 3.05) is 6.54 Å². The molecule has 2 atom stereocenters. The van der Waals surface area contributed by atoms with Crippen molar-refractivity contribution in [1.29, 1.82) is 5.26 Å². The zero-order valence-electron chi connectivity index (χ0n) is 19.4. The molecule has 6 nitrogen and oxygen atoms in total. The summed E-state index contributed by atoms with van der Waals surface area (Å²) in [4.78, 5) is 20.6. The Morgan fingerprint density at radius 3 is 2.63 bits per heavy atom. The third-order valence-electron chi connectivity index (χ3n) is 7.31. The molecule has 2 heterocycles. The Labute approximate surface area is 204 Å². The van der Waals surface area contributed by atoms with Gasteiger partial charge in [-0.1, -0.05) is 61.4 Å². The van der Waals surface area contributed by atoms with E-state index in [-0.39, 0.29) is 18.0 Å². The van der Waals surface area contributed by atoms with Crippen molar-refractivity contribution < 1.29 is 9.53 Å². The third kappa shape index (κ3) is 3.74. The Balaban J connectivity index is 1.45. The van der Waals surface area contributed by atoms with E-state index in [0.29, 0.717) is 30.2 Å². The molecule has 0 bridgehead atoms. The minimum atomic E-state index is -1.13. The van der Waals surface area contributed by atoms with Crippen LogP contribution in [0.15, 0.2) is 77.8 Å². The molecule has 0 radical (unpaired) electrons. The summed E-state index contributed by atoms with van der Waals surface area (Å²) >= 11 is 0. The summed E-state index contributed by atoms with van der Waals surface area (Å²) in [5, 5.41) is 9.34. The molecule has 2 unspecified atom stereocenters. The first-order chi connectivity index (χ1) is 17.1. The molecule has 1 aliphatic carbocycles. The van der Waals surface area contributed by atoms with Crippen molar-refractivity contribution in [2.45, 2.75) is 37.3 Å². The number of nitriles is 1. The number of nitrogens with two attached hydrogens (primary N) is 1. The van der Waals surface area contributed by atoms with E-state index in [4.69, 9.17) is 15.5 Å². The molecule has 3 aromatic rings. The number of fused-ring (bicyclic) bond motifs is 2. The van der Waals surface area contributed by atoms with Crippen LogP contribution in [-0.2, 0) is 10.3 Å². The molecule has 6 heteroatoms. The highest BCUT2D eigenvalue weighted by atomic mass is 16.5. The van der Waals surface area contributed by atoms with Gasteiger partial charge in [-0.05, 0) is 53.3 Å². The van der Waals surface area contributed by atoms with E-state index in [0.717, 1.165) is 28.7 Å². The fourth-order valence-electron chi connectivity index (χ4n) is 5.20. The van der Waals surface area contributed by atoms with Crippen LogP contribution in [0.1, 0.15) is 48.5 Å². The topological polar surface area (TPSA) is 91.7 Å². The molecule has 2 aliphatic heterocycles. The minimum absolute atomic E-state index is 0.0796. The highest BCUT2D eigenvalue weighted by molar-refractivity contribution is 6.07. The van der Waals surface area contributed by atoms with Crippen LogP contribution in [-0.4, -0.2) is 23.3 Å². The highest BCUT2D eigenvalue weighted by Gasteiger charge is 2.54. The summed E-state index contributed by atoms with van der Waals surface area (Å²) in [6, 6.07) is 25.4. The molecule has 0 aromatic heterocycles. The van der Waals surface area contributed by atoms with Gasteiger partial charge >= 0.3 is 0 Å². The van der Waals surface area contributed by atoms with E-state index in [1.54, 1.807) is 11.0 Å². The first-order valence-electron chi connectivity index (χ1n) is 12.1. The lowest BCUT2D eigenvalue weighted by Crippen LogP contribution is -2.45. The number of carbonyl (C=O) groups is 1. The molecule has 2 N–H and O–H groups in total. The smallest absolute Gasteiger partial charge is 0.262 e. The lowest BCUT2D eigenvalue weighted by molar-refractivity contribution is -0.133. The summed E-state index contributed by atoms with van der Waals surface area (Å²) < 4.78 is 6.43. The fourth-order valence-corrected chi connectivity index (χ4v) is 5.20. The number of nitrogens with zero attached hydrogens (tertiary/aromatic N) is 3. The average Bonchev–Trinajstić information content (AvgIpc) is 3.70. The van der Waals surface area contributed by atoms with Crippen LogP contribution in [0.2, 0.25) is 0 Å². The summed E-state index contributed by atoms with van der Waals surface area (Å²) in [6.45, 7) is 0.594. The van der Waals surface area contributed by atoms with Gasteiger partial charge in [0, 0.05) is 18.5 Å². The Morgan fingerprint density at radius 2 is 1.86 bits per heavy atom. The number of amides is 1. The average molecular weight is 463 g/mol. The van der Waals surface area contributed by atoms with Crippen LogP contribution >= 0.6 is 0 Å². The van der Waals surface area contributed by atoms with Gasteiger partial charge in [-0.25, -0.2) is 4.99 Å². The molecule has 174 valence electrons. The van der Waals surface area contributed by atoms with Crippen LogP contribution in [0.5, 0.6) is 5.75 Å². The molecule has 35 heavy (non-hydrogen) atoms. The van der Waals surface area contributed by atoms with E-state index in [9.17, 15) is 10.1 Å². The van der Waals surface area contributed by atoms with Gasteiger partial charge in [-0.2, -0.15) is 5.26 Å². The SMILES string of the molecule is N#Cc1cccc(-c2ccc3c(c2)C2(CC(c4ccccc4)O3)N=C(N)N(CCC3CC3)C2=O)c1. The zero-order valence-corrected chi connectivity index (χ0v) is 19.4. The normalized spacial score (nSPS) is 22.9. The standard InChI is InChI=1S/C29H26N4O2/c30-18-20-5-4-8-22(15-20)23-11-12-25-24(16-23)29(17-26(35-25)21-6-2-1-3-7-21)27(34)33(28(31)32-29)14-13-19-9-10-19/h1-8,11-12,15-16,19,26H,9-10,13-14,17H2,(H2,31,32). The van der Waals surface area contributed by atoms with Crippen LogP contribution in [0.3, 0.4) is 0 Å². The number of benzene rings is 3. The summed E-state index contributed by atoms with van der Waals surface area (Å²) in [5.74, 6) is 1.53. The molecular formula is C29H26N4O2. The molecule has 6 rings (SSSR count). The van der Waals surface area contributed by atoms with E-state index in [2.05, 4.69) is 6.07 Å². The second kappa shape index (κ2) is 8.28. The van der Waals surface area contributed by atoms with Gasteiger partial charge in [0.25, 0.3) is 5.91 Å². The minimum Gasteiger partial charge on any atom is -0.485 e. The van der Waals surface area contributed by atoms with Crippen LogP contribution in [0.25, 0.3) is 11.1 Å². The van der Waals surface area contributed by atoms with Crippen molar-refractivity contribution in [3.63, 3.8) is 0 Å². The maximum Gasteiger partial charge on any atom is 0.262 e. The predicted molar refractivity (Wildman–Crippen MR) is 133 cm³/mol. The number of aliphatic imine (C=N–C) groups is 1. The number of guanidine groups is 1. The fraction of sp³-hybridized carbons (Fsp3) is 0.276. The Kier molecular flexibility index (Phi) is 5.07. The van der Waals surface area contributed by atoms with Gasteiger partial charge in [0.1, 0.15) is 11.9 Å². The molecule has 1 fully saturated rings. The van der Waals surface area contributed by atoms with Crippen molar-refractivity contribution in [2.24, 2.45) is 16.6 Å². The van der Waals surface area contributed by atoms with Crippen molar-refractivity contribution in [1.82, 2.24) is 4.90 Å². The molecule has 0 saturated heterocycles. The van der Waals surface area contributed by atoms with Gasteiger partial charge in [-0.15, -0.1) is 0 Å². The molecule has 3 aromatic carbocycles. The van der Waals surface area contributed by atoms with E-state index < -0.39 is 5.54 Å². The van der Waals surface area contributed by atoms with E-state index in [1.165, 1.54) is 12.8 Å². The first kappa shape index (κ1) is 21.4. The summed E-state index contributed by atoms with van der Waals surface area (Å²) in [5.41, 5.74) is 9.37. The maximum absolute atomic E-state index is 14.0. The Hall–Kier alpha value is -4.11. The van der Waals surface area contributed by atoms with Gasteiger partial charge < -0.3 is 10.5 Å². The number of carbonyl (C=O) groups excluding carboxylic acids is 1. The van der Waals surface area contributed by atoms with E-state index >= 15 is 0 Å². The number of hydrogen-bond acceptors (Lipinski definition) is 5. The second-order valence-corrected chi connectivity index (χ2v) is 9.64. The summed E-state index contributed by atoms with van der Waals surface area (Å²) in [7, 11) is 0. The molecule has 1 amide bonds. The van der Waals surface area contributed by atoms with Gasteiger partial charge in [-0.3, -0.25) is 9.69 Å². The lowest BCUT2D eigenvalue weighted by atomic mass is 9.79. The van der Waals surface area contributed by atoms with Gasteiger partial charge in [0.15, 0.2) is 11.5 Å². The van der Waals surface area contributed by atoms with E-state index in [1.807, 2.05) is 66.7 Å². The highest BCUT2D eigenvalue weighted by Crippen LogP contribution is 2.51. The Morgan fingerprint density at radius 1 is 1.06 bits per heavy atom. The molecule has 3 aliphatic rings. The first-order valence-corrected chi connectivity index (χ1v) is 12.1. The van der Waals surface area contributed by atoms with Gasteiger partial charge in [0.05, 0.1) is 11.6 Å². The number of rotatable bonds is 5. The van der Waals surface area contributed by atoms with Crippen LogP contribution < -0.4 is 10.5 Å².